The summed E-state index contributed by atoms with van der Waals surface area (Å²) in [5.74, 6) is 1.08. The topological polar surface area (TPSA) is 22.1 Å². The van der Waals surface area contributed by atoms with Crippen molar-refractivity contribution in [2.45, 2.75) is 32.1 Å². The van der Waals surface area contributed by atoms with E-state index in [1.165, 1.54) is 12.8 Å². The van der Waals surface area contributed by atoms with Crippen molar-refractivity contribution in [2.75, 3.05) is 6.61 Å². The van der Waals surface area contributed by atoms with Crippen molar-refractivity contribution >= 4 is 27.5 Å². The van der Waals surface area contributed by atoms with E-state index in [1.807, 2.05) is 6.07 Å². The second-order valence-electron chi connectivity index (χ2n) is 3.31. The van der Waals surface area contributed by atoms with E-state index < -0.39 is 0 Å². The van der Waals surface area contributed by atoms with Gasteiger partial charge < -0.3 is 4.74 Å². The standard InChI is InChI=1S/C11H15BrClNO/c1-2-3-4-5-15-11-9(7-13)6-10(12)8-14-11/h6,8H,2-5,7H2,1H3. The molecule has 2 nitrogen and oxygen atoms in total. The van der Waals surface area contributed by atoms with Gasteiger partial charge in [-0.15, -0.1) is 11.6 Å². The highest BCUT2D eigenvalue weighted by molar-refractivity contribution is 9.10. The SMILES string of the molecule is CCCCCOc1ncc(Br)cc1CCl. The van der Waals surface area contributed by atoms with Gasteiger partial charge >= 0.3 is 0 Å². The molecule has 0 saturated heterocycles. The summed E-state index contributed by atoms with van der Waals surface area (Å²) in [4.78, 5) is 4.19. The molecule has 0 atom stereocenters. The van der Waals surface area contributed by atoms with Crippen LogP contribution in [0.2, 0.25) is 0 Å². The lowest BCUT2D eigenvalue weighted by Gasteiger charge is -2.08. The Kier molecular flexibility index (Phi) is 6.03. The number of rotatable bonds is 6. The van der Waals surface area contributed by atoms with E-state index in [1.54, 1.807) is 6.20 Å². The molecule has 0 amide bonds. The molecule has 84 valence electrons. The van der Waals surface area contributed by atoms with Crippen molar-refractivity contribution in [2.24, 2.45) is 0 Å². The van der Waals surface area contributed by atoms with Crippen LogP contribution in [0.5, 0.6) is 5.88 Å². The molecular formula is C11H15BrClNO. The fraction of sp³-hybridized carbons (Fsp3) is 0.545. The molecule has 1 rings (SSSR count). The molecule has 0 aliphatic rings. The maximum Gasteiger partial charge on any atom is 0.217 e. The van der Waals surface area contributed by atoms with E-state index in [9.17, 15) is 0 Å². The van der Waals surface area contributed by atoms with Crippen LogP contribution in [0.1, 0.15) is 31.7 Å². The molecule has 1 aromatic rings. The maximum atomic E-state index is 5.80. The smallest absolute Gasteiger partial charge is 0.217 e. The van der Waals surface area contributed by atoms with E-state index in [2.05, 4.69) is 27.8 Å². The molecule has 15 heavy (non-hydrogen) atoms. The van der Waals surface area contributed by atoms with Gasteiger partial charge in [-0.25, -0.2) is 4.98 Å². The third-order valence-corrected chi connectivity index (χ3v) is 2.74. The van der Waals surface area contributed by atoms with Crippen LogP contribution >= 0.6 is 27.5 Å². The lowest BCUT2D eigenvalue weighted by atomic mass is 10.3. The van der Waals surface area contributed by atoms with Crippen molar-refractivity contribution in [3.63, 3.8) is 0 Å². The zero-order valence-corrected chi connectivity index (χ0v) is 11.1. The van der Waals surface area contributed by atoms with Crippen LogP contribution in [0.15, 0.2) is 16.7 Å². The number of alkyl halides is 1. The summed E-state index contributed by atoms with van der Waals surface area (Å²) in [6.45, 7) is 2.88. The molecule has 0 spiro atoms. The first-order valence-corrected chi connectivity index (χ1v) is 6.44. The molecule has 0 aliphatic heterocycles. The maximum absolute atomic E-state index is 5.80. The molecule has 0 bridgehead atoms. The quantitative estimate of drug-likeness (QED) is 0.580. The molecule has 1 heterocycles. The second-order valence-corrected chi connectivity index (χ2v) is 4.49. The summed E-state index contributed by atoms with van der Waals surface area (Å²) in [6, 6.07) is 1.94. The highest BCUT2D eigenvalue weighted by Gasteiger charge is 2.04. The number of pyridine rings is 1. The van der Waals surface area contributed by atoms with Crippen molar-refractivity contribution in [3.8, 4) is 5.88 Å². The molecule has 0 fully saturated rings. The molecule has 0 aliphatic carbocycles. The molecule has 0 saturated carbocycles. The van der Waals surface area contributed by atoms with Crippen LogP contribution in [0.3, 0.4) is 0 Å². The average molecular weight is 293 g/mol. The molecular weight excluding hydrogens is 277 g/mol. The van der Waals surface area contributed by atoms with Crippen LogP contribution in [0.4, 0.5) is 0 Å². The van der Waals surface area contributed by atoms with Crippen molar-refractivity contribution in [1.82, 2.24) is 4.98 Å². The monoisotopic (exact) mass is 291 g/mol. The highest BCUT2D eigenvalue weighted by atomic mass is 79.9. The van der Waals surface area contributed by atoms with Crippen molar-refractivity contribution in [1.29, 1.82) is 0 Å². The van der Waals surface area contributed by atoms with Crippen LogP contribution in [0.25, 0.3) is 0 Å². The van der Waals surface area contributed by atoms with Crippen LogP contribution < -0.4 is 4.74 Å². The molecule has 1 aromatic heterocycles. The Hall–Kier alpha value is -0.280. The van der Waals surface area contributed by atoms with E-state index in [4.69, 9.17) is 16.3 Å². The predicted molar refractivity (Wildman–Crippen MR) is 66.5 cm³/mol. The zero-order valence-electron chi connectivity index (χ0n) is 8.80. The van der Waals surface area contributed by atoms with Gasteiger partial charge in [0.05, 0.1) is 12.5 Å². The molecule has 4 heteroatoms. The fourth-order valence-corrected chi connectivity index (χ4v) is 1.79. The first-order valence-electron chi connectivity index (χ1n) is 5.11. The minimum atomic E-state index is 0.426. The molecule has 0 radical (unpaired) electrons. The zero-order chi connectivity index (χ0) is 11.1. The lowest BCUT2D eigenvalue weighted by Crippen LogP contribution is -2.01. The Balaban J connectivity index is 2.52. The number of ether oxygens (including phenoxy) is 1. The van der Waals surface area contributed by atoms with Gasteiger partial charge in [0.25, 0.3) is 0 Å². The number of hydrogen-bond acceptors (Lipinski definition) is 2. The number of hydrogen-bond donors (Lipinski definition) is 0. The Morgan fingerprint density at radius 1 is 1.47 bits per heavy atom. The largest absolute Gasteiger partial charge is 0.477 e. The summed E-state index contributed by atoms with van der Waals surface area (Å²) in [5, 5.41) is 0. The second kappa shape index (κ2) is 7.07. The van der Waals surface area contributed by atoms with E-state index in [-0.39, 0.29) is 0 Å². The summed E-state index contributed by atoms with van der Waals surface area (Å²) in [7, 11) is 0. The molecule has 0 aromatic carbocycles. The van der Waals surface area contributed by atoms with Gasteiger partial charge in [0, 0.05) is 16.2 Å². The Morgan fingerprint density at radius 2 is 2.27 bits per heavy atom. The number of unbranched alkanes of at least 4 members (excludes halogenated alkanes) is 2. The first kappa shape index (κ1) is 12.8. The minimum absolute atomic E-state index is 0.426. The molecule has 0 unspecified atom stereocenters. The molecule has 0 N–H and O–H groups in total. The van der Waals surface area contributed by atoms with Gasteiger partial charge in [-0.05, 0) is 28.4 Å². The summed E-state index contributed by atoms with van der Waals surface area (Å²) < 4.78 is 6.50. The van der Waals surface area contributed by atoms with Crippen LogP contribution in [-0.2, 0) is 5.88 Å². The Labute approximate surface area is 104 Å². The lowest BCUT2D eigenvalue weighted by molar-refractivity contribution is 0.292. The van der Waals surface area contributed by atoms with Gasteiger partial charge in [-0.1, -0.05) is 19.8 Å². The third-order valence-electron chi connectivity index (χ3n) is 2.02. The Morgan fingerprint density at radius 3 is 2.93 bits per heavy atom. The third kappa shape index (κ3) is 4.39. The van der Waals surface area contributed by atoms with Crippen molar-refractivity contribution < 1.29 is 4.74 Å². The predicted octanol–water partition coefficient (Wildman–Crippen LogP) is 4.15. The van der Waals surface area contributed by atoms with Gasteiger partial charge in [0.1, 0.15) is 0 Å². The van der Waals surface area contributed by atoms with E-state index >= 15 is 0 Å². The minimum Gasteiger partial charge on any atom is -0.477 e. The summed E-state index contributed by atoms with van der Waals surface area (Å²) >= 11 is 9.16. The fourth-order valence-electron chi connectivity index (χ4n) is 1.22. The van der Waals surface area contributed by atoms with Crippen molar-refractivity contribution in [3.05, 3.63) is 22.3 Å². The average Bonchev–Trinajstić information content (AvgIpc) is 2.26. The number of aromatic nitrogens is 1. The van der Waals surface area contributed by atoms with E-state index in [0.717, 1.165) is 16.5 Å². The summed E-state index contributed by atoms with van der Waals surface area (Å²) in [5.41, 5.74) is 0.933. The highest BCUT2D eigenvalue weighted by Crippen LogP contribution is 2.21. The van der Waals surface area contributed by atoms with Gasteiger partial charge in [-0.3, -0.25) is 0 Å². The number of nitrogens with zero attached hydrogens (tertiary/aromatic N) is 1. The van der Waals surface area contributed by atoms with Gasteiger partial charge in [0.2, 0.25) is 5.88 Å². The Bertz CT molecular complexity index is 307. The van der Waals surface area contributed by atoms with Crippen LogP contribution in [-0.4, -0.2) is 11.6 Å². The first-order chi connectivity index (χ1) is 7.27. The van der Waals surface area contributed by atoms with Gasteiger partial charge in [0.15, 0.2) is 0 Å². The summed E-state index contributed by atoms with van der Waals surface area (Å²) in [6.07, 6.45) is 5.17. The number of halogens is 2. The van der Waals surface area contributed by atoms with Gasteiger partial charge in [-0.2, -0.15) is 0 Å². The van der Waals surface area contributed by atoms with Crippen LogP contribution in [0, 0.1) is 0 Å². The normalized spacial score (nSPS) is 10.3. The van der Waals surface area contributed by atoms with E-state index in [0.29, 0.717) is 18.4 Å².